The van der Waals surface area contributed by atoms with Gasteiger partial charge >= 0.3 is 0 Å². The van der Waals surface area contributed by atoms with Crippen molar-refractivity contribution >= 4 is 27.6 Å². The Labute approximate surface area is 190 Å². The Morgan fingerprint density at radius 1 is 1.00 bits per heavy atom. The maximum atomic E-state index is 9.07. The van der Waals surface area contributed by atoms with E-state index in [4.69, 9.17) is 14.4 Å². The molecule has 1 aliphatic rings. The topological polar surface area (TPSA) is 71.1 Å². The first kappa shape index (κ1) is 19.1. The lowest BCUT2D eigenvalue weighted by atomic mass is 10.0. The van der Waals surface area contributed by atoms with Crippen molar-refractivity contribution in [3.63, 3.8) is 0 Å². The van der Waals surface area contributed by atoms with Crippen molar-refractivity contribution in [1.29, 1.82) is 5.26 Å². The Morgan fingerprint density at radius 2 is 1.79 bits per heavy atom. The number of rotatable bonds is 4. The van der Waals surface area contributed by atoms with Gasteiger partial charge in [-0.15, -0.1) is 0 Å². The van der Waals surface area contributed by atoms with E-state index in [1.807, 2.05) is 30.3 Å². The quantitative estimate of drug-likeness (QED) is 0.355. The fraction of sp³-hybridized carbons (Fsp3) is 0.0714. The van der Waals surface area contributed by atoms with Crippen LogP contribution in [0.4, 0.5) is 5.69 Å². The number of nitriles is 1. The number of ether oxygens (including phenoxy) is 1. The zero-order valence-corrected chi connectivity index (χ0v) is 17.7. The normalized spacial score (nSPS) is 14.6. The summed E-state index contributed by atoms with van der Waals surface area (Å²) in [5.41, 5.74) is 5.68. The van der Waals surface area contributed by atoms with E-state index in [1.165, 1.54) is 16.3 Å². The number of fused-ring (bicyclic) bond motifs is 3. The van der Waals surface area contributed by atoms with Gasteiger partial charge in [0, 0.05) is 23.4 Å². The smallest absolute Gasteiger partial charge is 0.227 e. The number of aromatic nitrogens is 1. The maximum absolute atomic E-state index is 9.07. The molecule has 1 aliphatic heterocycles. The third-order valence-electron chi connectivity index (χ3n) is 5.95. The summed E-state index contributed by atoms with van der Waals surface area (Å²) in [7, 11) is 0. The van der Waals surface area contributed by atoms with Gasteiger partial charge in [0.1, 0.15) is 17.4 Å². The second-order valence-electron chi connectivity index (χ2n) is 8.16. The zero-order valence-electron chi connectivity index (χ0n) is 17.7. The number of nitrogens with one attached hydrogen (secondary N) is 1. The van der Waals surface area contributed by atoms with Crippen LogP contribution < -0.4 is 10.1 Å². The molecule has 5 heteroatoms. The van der Waals surface area contributed by atoms with Crippen molar-refractivity contribution in [1.82, 2.24) is 4.98 Å². The lowest BCUT2D eigenvalue weighted by molar-refractivity contribution is 0.272. The van der Waals surface area contributed by atoms with Crippen LogP contribution in [0.3, 0.4) is 0 Å². The predicted octanol–water partition coefficient (Wildman–Crippen LogP) is 6.45. The Morgan fingerprint density at radius 3 is 2.58 bits per heavy atom. The van der Waals surface area contributed by atoms with Crippen LogP contribution in [0.1, 0.15) is 11.1 Å². The minimum absolute atomic E-state index is 0.122. The Hall–Kier alpha value is -4.56. The van der Waals surface area contributed by atoms with Gasteiger partial charge in [-0.05, 0) is 70.9 Å². The summed E-state index contributed by atoms with van der Waals surface area (Å²) >= 11 is 0. The molecule has 0 saturated heterocycles. The van der Waals surface area contributed by atoms with Crippen molar-refractivity contribution < 1.29 is 9.15 Å². The number of hydrogen-bond acceptors (Lipinski definition) is 5. The molecule has 2 heterocycles. The molecule has 4 aromatic carbocycles. The Kier molecular flexibility index (Phi) is 4.38. The minimum atomic E-state index is -0.122. The van der Waals surface area contributed by atoms with E-state index < -0.39 is 0 Å². The number of nitrogens with zero attached hydrogens (tertiary/aromatic N) is 2. The van der Waals surface area contributed by atoms with Crippen LogP contribution >= 0.6 is 0 Å². The van der Waals surface area contributed by atoms with Gasteiger partial charge in [-0.25, -0.2) is 4.98 Å². The SMILES string of the molecule is C=C(Nc1ccc(-c2nc3cc(C#N)ccc3o2)cc1)C1Cc2cc3ccccc3cc2O1. The van der Waals surface area contributed by atoms with Crippen LogP contribution in [0.5, 0.6) is 5.75 Å². The molecule has 0 aliphatic carbocycles. The van der Waals surface area contributed by atoms with Gasteiger partial charge < -0.3 is 14.5 Å². The molecule has 1 atom stereocenters. The molecular weight excluding hydrogens is 410 g/mol. The van der Waals surface area contributed by atoms with Gasteiger partial charge in [0.2, 0.25) is 5.89 Å². The standard InChI is InChI=1S/C28H19N3O2/c1-17(26-15-22-13-20-4-2-3-5-21(20)14-27(22)32-26)30-23-9-7-19(8-10-23)28-31-24-12-18(16-29)6-11-25(24)33-28/h2-14,26,30H,1,15H2. The van der Waals surface area contributed by atoms with E-state index in [-0.39, 0.29) is 6.10 Å². The molecule has 0 bridgehead atoms. The molecule has 0 saturated carbocycles. The third-order valence-corrected chi connectivity index (χ3v) is 5.95. The Balaban J connectivity index is 1.17. The second-order valence-corrected chi connectivity index (χ2v) is 8.16. The highest BCUT2D eigenvalue weighted by Gasteiger charge is 2.26. The van der Waals surface area contributed by atoms with Crippen LogP contribution in [-0.4, -0.2) is 11.1 Å². The summed E-state index contributed by atoms with van der Waals surface area (Å²) in [5, 5.41) is 14.8. The highest BCUT2D eigenvalue weighted by Crippen LogP contribution is 2.35. The van der Waals surface area contributed by atoms with Crippen molar-refractivity contribution in [2.45, 2.75) is 12.5 Å². The molecule has 0 fully saturated rings. The van der Waals surface area contributed by atoms with E-state index in [1.54, 1.807) is 18.2 Å². The molecule has 0 spiro atoms. The van der Waals surface area contributed by atoms with Crippen LogP contribution in [0.2, 0.25) is 0 Å². The molecule has 6 rings (SSSR count). The Bertz CT molecular complexity index is 1530. The number of anilines is 1. The molecule has 1 unspecified atom stereocenters. The largest absolute Gasteiger partial charge is 0.484 e. The number of hydrogen-bond donors (Lipinski definition) is 1. The minimum Gasteiger partial charge on any atom is -0.484 e. The third kappa shape index (κ3) is 3.48. The highest BCUT2D eigenvalue weighted by atomic mass is 16.5. The van der Waals surface area contributed by atoms with Gasteiger partial charge in [-0.2, -0.15) is 5.26 Å². The van der Waals surface area contributed by atoms with Crippen molar-refractivity contribution in [3.05, 3.63) is 102 Å². The highest BCUT2D eigenvalue weighted by molar-refractivity contribution is 5.85. The van der Waals surface area contributed by atoms with E-state index in [0.29, 0.717) is 22.6 Å². The molecule has 158 valence electrons. The average molecular weight is 429 g/mol. The number of benzene rings is 4. The lowest BCUT2D eigenvalue weighted by Crippen LogP contribution is -2.20. The molecule has 5 nitrogen and oxygen atoms in total. The van der Waals surface area contributed by atoms with E-state index in [2.05, 4.69) is 53.3 Å². The van der Waals surface area contributed by atoms with Gasteiger partial charge in [0.05, 0.1) is 11.6 Å². The maximum Gasteiger partial charge on any atom is 0.227 e. The summed E-state index contributed by atoms with van der Waals surface area (Å²) in [6, 6.07) is 27.8. The summed E-state index contributed by atoms with van der Waals surface area (Å²) in [4.78, 5) is 4.52. The van der Waals surface area contributed by atoms with Gasteiger partial charge in [-0.1, -0.05) is 30.8 Å². The molecular formula is C28H19N3O2. The molecule has 0 radical (unpaired) electrons. The first-order valence-electron chi connectivity index (χ1n) is 10.7. The van der Waals surface area contributed by atoms with E-state index in [9.17, 15) is 0 Å². The van der Waals surface area contributed by atoms with Crippen LogP contribution in [0.25, 0.3) is 33.3 Å². The fourth-order valence-corrected chi connectivity index (χ4v) is 4.21. The zero-order chi connectivity index (χ0) is 22.4. The first-order valence-corrected chi connectivity index (χ1v) is 10.7. The second kappa shape index (κ2) is 7.54. The molecule has 33 heavy (non-hydrogen) atoms. The van der Waals surface area contributed by atoms with Crippen LogP contribution in [0, 0.1) is 11.3 Å². The molecule has 1 N–H and O–H groups in total. The van der Waals surface area contributed by atoms with Crippen molar-refractivity contribution in [3.8, 4) is 23.3 Å². The first-order chi connectivity index (χ1) is 16.2. The molecule has 1 aromatic heterocycles. The molecule has 0 amide bonds. The lowest BCUT2D eigenvalue weighted by Gasteiger charge is -2.16. The van der Waals surface area contributed by atoms with Gasteiger partial charge in [0.25, 0.3) is 0 Å². The van der Waals surface area contributed by atoms with Gasteiger partial charge in [-0.3, -0.25) is 0 Å². The average Bonchev–Trinajstić information content (AvgIpc) is 3.46. The van der Waals surface area contributed by atoms with Crippen molar-refractivity contribution in [2.75, 3.05) is 5.32 Å². The summed E-state index contributed by atoms with van der Waals surface area (Å²) in [6.45, 7) is 4.22. The van der Waals surface area contributed by atoms with Crippen LogP contribution in [-0.2, 0) is 6.42 Å². The van der Waals surface area contributed by atoms with Gasteiger partial charge in [0.15, 0.2) is 5.58 Å². The summed E-state index contributed by atoms with van der Waals surface area (Å²) in [5.74, 6) is 1.44. The predicted molar refractivity (Wildman–Crippen MR) is 129 cm³/mol. The summed E-state index contributed by atoms with van der Waals surface area (Å²) < 4.78 is 12.0. The number of oxazole rings is 1. The summed E-state index contributed by atoms with van der Waals surface area (Å²) in [6.07, 6.45) is 0.667. The fourth-order valence-electron chi connectivity index (χ4n) is 4.21. The van der Waals surface area contributed by atoms with E-state index in [0.717, 1.165) is 29.1 Å². The molecule has 5 aromatic rings. The monoisotopic (exact) mass is 429 g/mol. The van der Waals surface area contributed by atoms with Crippen LogP contribution in [0.15, 0.2) is 95.6 Å². The van der Waals surface area contributed by atoms with E-state index >= 15 is 0 Å². The van der Waals surface area contributed by atoms with Crippen molar-refractivity contribution in [2.24, 2.45) is 0 Å².